The summed E-state index contributed by atoms with van der Waals surface area (Å²) in [6.07, 6.45) is 8.37. The third kappa shape index (κ3) is 2.56. The summed E-state index contributed by atoms with van der Waals surface area (Å²) in [7, 11) is 0. The van der Waals surface area contributed by atoms with Gasteiger partial charge in [0.05, 0.1) is 5.56 Å². The standard InChI is InChI=1S/C13H17FN4/c1-10(3-2-5-15)18-8-7-17-13(18)11-9-16-6-4-12(11)14/h4,6-10H,2-3,5,15H2,1H3/t10-/m1/s1. The van der Waals surface area contributed by atoms with E-state index in [9.17, 15) is 4.39 Å². The van der Waals surface area contributed by atoms with Gasteiger partial charge in [-0.1, -0.05) is 0 Å². The molecule has 4 nitrogen and oxygen atoms in total. The Morgan fingerprint density at radius 2 is 2.28 bits per heavy atom. The number of aromatic nitrogens is 3. The van der Waals surface area contributed by atoms with Gasteiger partial charge < -0.3 is 10.3 Å². The lowest BCUT2D eigenvalue weighted by molar-refractivity contribution is 0.495. The van der Waals surface area contributed by atoms with Crippen LogP contribution in [0.15, 0.2) is 30.9 Å². The largest absolute Gasteiger partial charge is 0.330 e. The van der Waals surface area contributed by atoms with E-state index in [1.54, 1.807) is 6.20 Å². The Bertz CT molecular complexity index is 509. The molecule has 1 atom stereocenters. The number of rotatable bonds is 5. The van der Waals surface area contributed by atoms with Gasteiger partial charge in [-0.05, 0) is 32.4 Å². The first-order valence-corrected chi connectivity index (χ1v) is 6.07. The van der Waals surface area contributed by atoms with E-state index in [1.165, 1.54) is 18.5 Å². The minimum absolute atomic E-state index is 0.241. The van der Waals surface area contributed by atoms with E-state index >= 15 is 0 Å². The van der Waals surface area contributed by atoms with Gasteiger partial charge in [-0.15, -0.1) is 0 Å². The molecule has 0 amide bonds. The highest BCUT2D eigenvalue weighted by Crippen LogP contribution is 2.24. The van der Waals surface area contributed by atoms with Crippen LogP contribution in [-0.2, 0) is 0 Å². The second-order valence-corrected chi connectivity index (χ2v) is 4.29. The Labute approximate surface area is 106 Å². The van der Waals surface area contributed by atoms with Crippen LogP contribution in [-0.4, -0.2) is 21.1 Å². The minimum Gasteiger partial charge on any atom is -0.330 e. The molecular weight excluding hydrogens is 231 g/mol. The van der Waals surface area contributed by atoms with Crippen molar-refractivity contribution in [1.82, 2.24) is 14.5 Å². The van der Waals surface area contributed by atoms with Gasteiger partial charge in [0.2, 0.25) is 0 Å². The van der Waals surface area contributed by atoms with E-state index in [2.05, 4.69) is 16.9 Å². The third-order valence-electron chi connectivity index (χ3n) is 2.98. The molecule has 0 aliphatic heterocycles. The summed E-state index contributed by atoms with van der Waals surface area (Å²) in [6, 6.07) is 1.59. The first-order chi connectivity index (χ1) is 8.74. The number of halogens is 1. The summed E-state index contributed by atoms with van der Waals surface area (Å²) in [6.45, 7) is 2.74. The molecule has 5 heteroatoms. The van der Waals surface area contributed by atoms with Crippen LogP contribution in [0, 0.1) is 5.82 Å². The van der Waals surface area contributed by atoms with Crippen molar-refractivity contribution in [1.29, 1.82) is 0 Å². The molecule has 0 aliphatic rings. The SMILES string of the molecule is C[C@H](CCCN)n1ccnc1-c1cnccc1F. The Balaban J connectivity index is 2.30. The van der Waals surface area contributed by atoms with Crippen molar-refractivity contribution in [3.63, 3.8) is 0 Å². The predicted octanol–water partition coefficient (Wildman–Crippen LogP) is 2.38. The van der Waals surface area contributed by atoms with Crippen molar-refractivity contribution >= 4 is 0 Å². The zero-order valence-electron chi connectivity index (χ0n) is 10.4. The van der Waals surface area contributed by atoms with Gasteiger partial charge in [0.15, 0.2) is 0 Å². The fraction of sp³-hybridized carbons (Fsp3) is 0.385. The first kappa shape index (κ1) is 12.7. The molecule has 0 saturated carbocycles. The quantitative estimate of drug-likeness (QED) is 0.883. The monoisotopic (exact) mass is 248 g/mol. The molecular formula is C13H17FN4. The van der Waals surface area contributed by atoms with Gasteiger partial charge in [-0.25, -0.2) is 9.37 Å². The predicted molar refractivity (Wildman–Crippen MR) is 68.4 cm³/mol. The zero-order valence-corrected chi connectivity index (χ0v) is 10.4. The maximum atomic E-state index is 13.7. The van der Waals surface area contributed by atoms with E-state index < -0.39 is 0 Å². The van der Waals surface area contributed by atoms with Crippen LogP contribution >= 0.6 is 0 Å². The summed E-state index contributed by atoms with van der Waals surface area (Å²) in [5.74, 6) is 0.314. The zero-order chi connectivity index (χ0) is 13.0. The Morgan fingerprint density at radius 3 is 3.00 bits per heavy atom. The van der Waals surface area contributed by atoms with Crippen molar-refractivity contribution in [3.05, 3.63) is 36.7 Å². The Hall–Kier alpha value is -1.75. The lowest BCUT2D eigenvalue weighted by Gasteiger charge is -2.16. The van der Waals surface area contributed by atoms with Crippen LogP contribution in [0.1, 0.15) is 25.8 Å². The molecule has 0 bridgehead atoms. The summed E-state index contributed by atoms with van der Waals surface area (Å²) < 4.78 is 15.7. The number of nitrogens with two attached hydrogens (primary N) is 1. The molecule has 2 N–H and O–H groups in total. The Kier molecular flexibility index (Phi) is 4.04. The molecule has 0 radical (unpaired) electrons. The van der Waals surface area contributed by atoms with E-state index in [-0.39, 0.29) is 11.9 Å². The van der Waals surface area contributed by atoms with Crippen molar-refractivity contribution in [2.75, 3.05) is 6.54 Å². The smallest absolute Gasteiger partial charge is 0.144 e. The van der Waals surface area contributed by atoms with Gasteiger partial charge in [-0.2, -0.15) is 0 Å². The summed E-state index contributed by atoms with van der Waals surface area (Å²) in [5.41, 5.74) is 5.94. The third-order valence-corrected chi connectivity index (χ3v) is 2.98. The van der Waals surface area contributed by atoms with Crippen LogP contribution in [0.2, 0.25) is 0 Å². The number of imidazole rings is 1. The highest BCUT2D eigenvalue weighted by atomic mass is 19.1. The topological polar surface area (TPSA) is 56.7 Å². The molecule has 0 spiro atoms. The van der Waals surface area contributed by atoms with Crippen LogP contribution in [0.3, 0.4) is 0 Å². The van der Waals surface area contributed by atoms with E-state index in [0.29, 0.717) is 17.9 Å². The van der Waals surface area contributed by atoms with Crippen LogP contribution in [0.25, 0.3) is 11.4 Å². The molecule has 0 unspecified atom stereocenters. The van der Waals surface area contributed by atoms with Gasteiger partial charge in [0.25, 0.3) is 0 Å². The van der Waals surface area contributed by atoms with E-state index in [4.69, 9.17) is 5.73 Å². The van der Waals surface area contributed by atoms with Crippen molar-refractivity contribution in [2.24, 2.45) is 5.73 Å². The highest BCUT2D eigenvalue weighted by Gasteiger charge is 2.14. The van der Waals surface area contributed by atoms with E-state index in [0.717, 1.165) is 12.8 Å². The van der Waals surface area contributed by atoms with Crippen molar-refractivity contribution in [3.8, 4) is 11.4 Å². The Morgan fingerprint density at radius 1 is 1.44 bits per heavy atom. The number of hydrogen-bond donors (Lipinski definition) is 1. The molecule has 0 saturated heterocycles. The molecule has 2 heterocycles. The first-order valence-electron chi connectivity index (χ1n) is 6.07. The summed E-state index contributed by atoms with van der Waals surface area (Å²) in [5, 5.41) is 0. The van der Waals surface area contributed by atoms with Crippen LogP contribution in [0.5, 0.6) is 0 Å². The van der Waals surface area contributed by atoms with Gasteiger partial charge in [0.1, 0.15) is 11.6 Å². The second kappa shape index (κ2) is 5.73. The molecule has 2 aromatic rings. The number of hydrogen-bond acceptors (Lipinski definition) is 3. The minimum atomic E-state index is -0.302. The second-order valence-electron chi connectivity index (χ2n) is 4.29. The highest BCUT2D eigenvalue weighted by molar-refractivity contribution is 5.54. The van der Waals surface area contributed by atoms with Gasteiger partial charge in [0, 0.05) is 30.8 Å². The van der Waals surface area contributed by atoms with Crippen molar-refractivity contribution < 1.29 is 4.39 Å². The normalized spacial score (nSPS) is 12.6. The molecule has 96 valence electrons. The fourth-order valence-electron chi connectivity index (χ4n) is 1.97. The number of nitrogens with zero attached hydrogens (tertiary/aromatic N) is 3. The molecule has 18 heavy (non-hydrogen) atoms. The maximum absolute atomic E-state index is 13.7. The fourth-order valence-corrected chi connectivity index (χ4v) is 1.97. The van der Waals surface area contributed by atoms with Crippen molar-refractivity contribution in [2.45, 2.75) is 25.8 Å². The average Bonchev–Trinajstić information content (AvgIpc) is 2.85. The molecule has 0 fully saturated rings. The molecule has 0 aliphatic carbocycles. The lowest BCUT2D eigenvalue weighted by Crippen LogP contribution is -2.09. The average molecular weight is 248 g/mol. The van der Waals surface area contributed by atoms with Crippen LogP contribution in [0.4, 0.5) is 4.39 Å². The number of pyridine rings is 1. The summed E-state index contributed by atoms with van der Waals surface area (Å²) >= 11 is 0. The van der Waals surface area contributed by atoms with Gasteiger partial charge in [-0.3, -0.25) is 4.98 Å². The maximum Gasteiger partial charge on any atom is 0.144 e. The van der Waals surface area contributed by atoms with Crippen LogP contribution < -0.4 is 5.73 Å². The molecule has 0 aromatic carbocycles. The van der Waals surface area contributed by atoms with Gasteiger partial charge >= 0.3 is 0 Å². The molecule has 2 aromatic heterocycles. The van der Waals surface area contributed by atoms with E-state index in [1.807, 2.05) is 10.8 Å². The molecule has 2 rings (SSSR count). The summed E-state index contributed by atoms with van der Waals surface area (Å²) in [4.78, 5) is 8.18. The lowest BCUT2D eigenvalue weighted by atomic mass is 10.1.